The van der Waals surface area contributed by atoms with Crippen LogP contribution in [0.3, 0.4) is 0 Å². The summed E-state index contributed by atoms with van der Waals surface area (Å²) in [5.41, 5.74) is 11.1. The number of hydrogen-bond acceptors (Lipinski definition) is 6. The monoisotopic (exact) mass is 597 g/mol. The number of rotatable bonds is 28. The van der Waals surface area contributed by atoms with E-state index >= 15 is 0 Å². The summed E-state index contributed by atoms with van der Waals surface area (Å²) in [4.78, 5) is 50.5. The fourth-order valence-corrected chi connectivity index (χ4v) is 4.97. The molecule has 0 aromatic carbocycles. The van der Waals surface area contributed by atoms with Gasteiger partial charge in [0, 0.05) is 6.42 Å². The van der Waals surface area contributed by atoms with E-state index in [0.717, 1.165) is 19.3 Å². The second-order valence-corrected chi connectivity index (χ2v) is 11.7. The van der Waals surface area contributed by atoms with Gasteiger partial charge in [0.2, 0.25) is 17.7 Å². The molecule has 0 rings (SSSR count). The predicted octanol–water partition coefficient (Wildman–Crippen LogP) is 4.53. The normalized spacial score (nSPS) is 14.0. The molecule has 42 heavy (non-hydrogen) atoms. The highest BCUT2D eigenvalue weighted by Crippen LogP contribution is 2.14. The van der Waals surface area contributed by atoms with E-state index in [2.05, 4.69) is 22.9 Å². The molecular formula is C32H63N5O5. The number of amides is 3. The Hall–Kier alpha value is -2.20. The molecule has 0 bridgehead atoms. The number of carbonyl (C=O) groups excluding carboxylic acids is 3. The van der Waals surface area contributed by atoms with Crippen LogP contribution in [-0.4, -0.2) is 60.0 Å². The molecule has 0 aliphatic heterocycles. The third-order valence-electron chi connectivity index (χ3n) is 7.97. The topological polar surface area (TPSA) is 177 Å². The Kier molecular flexibility index (Phi) is 25.0. The lowest BCUT2D eigenvalue weighted by Crippen LogP contribution is -2.57. The number of carboxylic acid groups (broad SMARTS) is 1. The highest BCUT2D eigenvalue weighted by molar-refractivity contribution is 5.93. The molecule has 0 aromatic rings. The van der Waals surface area contributed by atoms with Gasteiger partial charge in [0.05, 0.1) is 0 Å². The Morgan fingerprint density at radius 3 is 1.64 bits per heavy atom. The van der Waals surface area contributed by atoms with Gasteiger partial charge in [-0.25, -0.2) is 4.79 Å². The van der Waals surface area contributed by atoms with Crippen LogP contribution in [0.5, 0.6) is 0 Å². The van der Waals surface area contributed by atoms with Gasteiger partial charge in [-0.2, -0.15) is 0 Å². The van der Waals surface area contributed by atoms with Gasteiger partial charge in [-0.15, -0.1) is 0 Å². The molecule has 3 amide bonds. The fourth-order valence-electron chi connectivity index (χ4n) is 4.97. The van der Waals surface area contributed by atoms with Crippen molar-refractivity contribution in [2.45, 2.75) is 161 Å². The molecule has 0 radical (unpaired) electrons. The number of hydrogen-bond donors (Lipinski definition) is 6. The Labute approximate surface area is 255 Å². The minimum Gasteiger partial charge on any atom is -0.480 e. The maximum atomic E-state index is 13.3. The van der Waals surface area contributed by atoms with Gasteiger partial charge < -0.3 is 32.5 Å². The Morgan fingerprint density at radius 1 is 0.619 bits per heavy atom. The van der Waals surface area contributed by atoms with Gasteiger partial charge in [-0.3, -0.25) is 14.4 Å². The van der Waals surface area contributed by atoms with Gasteiger partial charge >= 0.3 is 5.97 Å². The summed E-state index contributed by atoms with van der Waals surface area (Å²) in [6.07, 6.45) is 18.8. The summed E-state index contributed by atoms with van der Waals surface area (Å²) in [7, 11) is 0. The van der Waals surface area contributed by atoms with Crippen molar-refractivity contribution in [3.63, 3.8) is 0 Å². The molecule has 4 atom stereocenters. The van der Waals surface area contributed by atoms with Crippen LogP contribution in [0.15, 0.2) is 0 Å². The Bertz CT molecular complexity index is 736. The lowest BCUT2D eigenvalue weighted by atomic mass is 9.97. The first-order valence-electron chi connectivity index (χ1n) is 16.7. The second-order valence-electron chi connectivity index (χ2n) is 11.7. The van der Waals surface area contributed by atoms with Crippen molar-refractivity contribution in [3.05, 3.63) is 0 Å². The largest absolute Gasteiger partial charge is 0.480 e. The lowest BCUT2D eigenvalue weighted by molar-refractivity contribution is -0.142. The van der Waals surface area contributed by atoms with E-state index in [0.29, 0.717) is 38.6 Å². The molecule has 0 saturated heterocycles. The zero-order chi connectivity index (χ0) is 31.6. The first-order chi connectivity index (χ1) is 20.2. The van der Waals surface area contributed by atoms with Crippen molar-refractivity contribution in [2.75, 3.05) is 13.1 Å². The Morgan fingerprint density at radius 2 is 1.17 bits per heavy atom. The highest BCUT2D eigenvalue weighted by atomic mass is 16.4. The van der Waals surface area contributed by atoms with Gasteiger partial charge in [0.1, 0.15) is 18.1 Å². The quantitative estimate of drug-likeness (QED) is 0.0718. The minimum atomic E-state index is -1.18. The van der Waals surface area contributed by atoms with Crippen LogP contribution in [0.1, 0.15) is 143 Å². The van der Waals surface area contributed by atoms with Crippen LogP contribution in [0.2, 0.25) is 0 Å². The predicted molar refractivity (Wildman–Crippen MR) is 170 cm³/mol. The maximum absolute atomic E-state index is 13.3. The average Bonchev–Trinajstić information content (AvgIpc) is 2.96. The van der Waals surface area contributed by atoms with Gasteiger partial charge in [0.15, 0.2) is 0 Å². The van der Waals surface area contributed by atoms with Crippen LogP contribution in [0, 0.1) is 5.92 Å². The van der Waals surface area contributed by atoms with E-state index in [9.17, 15) is 24.3 Å². The van der Waals surface area contributed by atoms with Crippen LogP contribution >= 0.6 is 0 Å². The standard InChI is InChI=1S/C32H63N5O5/c1-4-6-7-8-9-10-11-12-13-14-15-16-17-21-28(38)35-26(20-18-19-23-33)30(39)37-29(25(3)5-2)31(40)36-27(22-24-34)32(41)42/h25-27,29H,4-24,33-34H2,1-3H3,(H,35,38)(H,36,40)(H,37,39)(H,41,42)/t25-,26-,27-,29-/m0/s1. The number of nitrogens with one attached hydrogen (secondary N) is 3. The van der Waals surface area contributed by atoms with Crippen LogP contribution in [0.25, 0.3) is 0 Å². The van der Waals surface area contributed by atoms with Crippen molar-refractivity contribution < 1.29 is 24.3 Å². The van der Waals surface area contributed by atoms with Crippen molar-refractivity contribution >= 4 is 23.7 Å². The molecule has 0 aromatic heterocycles. The Balaban J connectivity index is 4.72. The van der Waals surface area contributed by atoms with Crippen LogP contribution in [0.4, 0.5) is 0 Å². The van der Waals surface area contributed by atoms with E-state index in [4.69, 9.17) is 11.5 Å². The van der Waals surface area contributed by atoms with Gasteiger partial charge in [0.25, 0.3) is 0 Å². The molecule has 0 saturated carbocycles. The molecule has 0 unspecified atom stereocenters. The third kappa shape index (κ3) is 19.8. The molecule has 8 N–H and O–H groups in total. The van der Waals surface area contributed by atoms with E-state index in [1.54, 1.807) is 0 Å². The lowest BCUT2D eigenvalue weighted by Gasteiger charge is -2.27. The summed E-state index contributed by atoms with van der Waals surface area (Å²) < 4.78 is 0. The molecule has 0 aliphatic carbocycles. The number of aliphatic carboxylic acids is 1. The molecule has 0 aliphatic rings. The first kappa shape index (κ1) is 39.8. The maximum Gasteiger partial charge on any atom is 0.326 e. The summed E-state index contributed by atoms with van der Waals surface area (Å²) in [5.74, 6) is -2.62. The molecule has 10 nitrogen and oxygen atoms in total. The summed E-state index contributed by atoms with van der Waals surface area (Å²) in [5, 5.41) is 17.5. The number of nitrogens with two attached hydrogens (primary N) is 2. The van der Waals surface area contributed by atoms with Gasteiger partial charge in [-0.1, -0.05) is 104 Å². The van der Waals surface area contributed by atoms with Gasteiger partial charge in [-0.05, 0) is 51.1 Å². The number of unbranched alkanes of at least 4 members (excludes halogenated alkanes) is 13. The van der Waals surface area contributed by atoms with E-state index in [1.807, 2.05) is 13.8 Å². The smallest absolute Gasteiger partial charge is 0.326 e. The summed E-state index contributed by atoms with van der Waals surface area (Å²) in [6, 6.07) is -2.85. The van der Waals surface area contributed by atoms with Crippen molar-refractivity contribution in [3.8, 4) is 0 Å². The van der Waals surface area contributed by atoms with Crippen molar-refractivity contribution in [2.24, 2.45) is 17.4 Å². The molecule has 10 heteroatoms. The second kappa shape index (κ2) is 26.4. The zero-order valence-electron chi connectivity index (χ0n) is 26.9. The van der Waals surface area contributed by atoms with Crippen LogP contribution < -0.4 is 27.4 Å². The van der Waals surface area contributed by atoms with Crippen LogP contribution in [-0.2, 0) is 19.2 Å². The average molecular weight is 598 g/mol. The number of carbonyl (C=O) groups is 4. The molecule has 0 heterocycles. The van der Waals surface area contributed by atoms with Crippen molar-refractivity contribution in [1.29, 1.82) is 0 Å². The molecular weight excluding hydrogens is 534 g/mol. The third-order valence-corrected chi connectivity index (χ3v) is 7.97. The first-order valence-corrected chi connectivity index (χ1v) is 16.7. The minimum absolute atomic E-state index is 0.0826. The van der Waals surface area contributed by atoms with E-state index < -0.39 is 35.9 Å². The SMILES string of the molecule is CCCCCCCCCCCCCCCC(=O)N[C@@H](CCCCN)C(=O)N[C@H](C(=O)N[C@@H](CCN)C(=O)O)[C@@H](C)CC. The fraction of sp³-hybridized carbons (Fsp3) is 0.875. The van der Waals surface area contributed by atoms with E-state index in [-0.39, 0.29) is 24.8 Å². The summed E-state index contributed by atoms with van der Waals surface area (Å²) in [6.45, 7) is 6.54. The molecule has 0 fully saturated rings. The highest BCUT2D eigenvalue weighted by Gasteiger charge is 2.31. The van der Waals surface area contributed by atoms with Crippen molar-refractivity contribution in [1.82, 2.24) is 16.0 Å². The number of carboxylic acids is 1. The zero-order valence-corrected chi connectivity index (χ0v) is 26.9. The summed E-state index contributed by atoms with van der Waals surface area (Å²) >= 11 is 0. The molecule has 246 valence electrons. The molecule has 0 spiro atoms. The van der Waals surface area contributed by atoms with E-state index in [1.165, 1.54) is 64.2 Å².